The van der Waals surface area contributed by atoms with Crippen molar-refractivity contribution in [2.45, 2.75) is 19.9 Å². The molecule has 0 atom stereocenters. The Balaban J connectivity index is 1.87. The maximum absolute atomic E-state index is 12.0. The lowest BCUT2D eigenvalue weighted by Gasteiger charge is -2.09. The van der Waals surface area contributed by atoms with Crippen molar-refractivity contribution in [1.82, 2.24) is 29.5 Å². The van der Waals surface area contributed by atoms with E-state index in [1.165, 1.54) is 6.20 Å². The van der Waals surface area contributed by atoms with Gasteiger partial charge in [0.25, 0.3) is 0 Å². The van der Waals surface area contributed by atoms with Crippen LogP contribution < -0.4 is 16.0 Å². The number of hydrogen-bond donors (Lipinski definition) is 3. The lowest BCUT2D eigenvalue weighted by molar-refractivity contribution is 0.253. The van der Waals surface area contributed by atoms with Gasteiger partial charge in [0.1, 0.15) is 23.7 Å². The fourth-order valence-electron chi connectivity index (χ4n) is 3.33. The average molecular weight is 403 g/mol. The molecule has 4 aromatic rings. The summed E-state index contributed by atoms with van der Waals surface area (Å²) >= 11 is 0. The normalized spacial score (nSPS) is 11.0. The first kappa shape index (κ1) is 19.2. The Morgan fingerprint density at radius 2 is 2.17 bits per heavy atom. The van der Waals surface area contributed by atoms with Gasteiger partial charge in [0.15, 0.2) is 5.65 Å². The second kappa shape index (κ2) is 7.71. The molecule has 0 saturated carbocycles. The summed E-state index contributed by atoms with van der Waals surface area (Å²) in [5, 5.41) is 22.2. The molecule has 2 amide bonds. The van der Waals surface area contributed by atoms with Gasteiger partial charge in [-0.3, -0.25) is 0 Å². The number of urea groups is 1. The number of nitrogens with zero attached hydrogens (tertiary/aromatic N) is 6. The molecule has 0 aliphatic carbocycles. The third-order valence-corrected chi connectivity index (χ3v) is 4.73. The maximum atomic E-state index is 12.0. The van der Waals surface area contributed by atoms with Crippen molar-refractivity contribution in [2.75, 3.05) is 24.2 Å². The smallest absolute Gasteiger partial charge is 0.320 e. The molecular weight excluding hydrogens is 382 g/mol. The maximum Gasteiger partial charge on any atom is 0.320 e. The summed E-state index contributed by atoms with van der Waals surface area (Å²) in [6, 6.07) is 7.44. The predicted octanol–water partition coefficient (Wildman–Crippen LogP) is 3.01. The van der Waals surface area contributed by atoms with Crippen LogP contribution in [0, 0.1) is 11.3 Å². The van der Waals surface area contributed by atoms with Gasteiger partial charge in [0.2, 0.25) is 0 Å². The van der Waals surface area contributed by atoms with Gasteiger partial charge in [-0.2, -0.15) is 14.9 Å². The highest BCUT2D eigenvalue weighted by atomic mass is 16.2. The fourth-order valence-corrected chi connectivity index (χ4v) is 3.33. The third kappa shape index (κ3) is 3.26. The second-order valence-corrected chi connectivity index (χ2v) is 6.95. The summed E-state index contributed by atoms with van der Waals surface area (Å²) in [4.78, 5) is 21.3. The number of anilines is 2. The molecule has 0 spiro atoms. The van der Waals surface area contributed by atoms with Gasteiger partial charge in [-0.25, -0.2) is 14.8 Å². The minimum absolute atomic E-state index is 0.0901. The predicted molar refractivity (Wildman–Crippen MR) is 114 cm³/mol. The minimum Gasteiger partial charge on any atom is -0.373 e. The summed E-state index contributed by atoms with van der Waals surface area (Å²) in [5.41, 5.74) is 3.47. The molecule has 3 N–H and O–H groups in total. The third-order valence-electron chi connectivity index (χ3n) is 4.73. The van der Waals surface area contributed by atoms with E-state index in [2.05, 4.69) is 44.4 Å². The lowest BCUT2D eigenvalue weighted by atomic mass is 10.1. The Morgan fingerprint density at radius 3 is 2.90 bits per heavy atom. The van der Waals surface area contributed by atoms with Gasteiger partial charge in [-0.1, -0.05) is 0 Å². The molecule has 4 rings (SSSR count). The quantitative estimate of drug-likeness (QED) is 0.440. The summed E-state index contributed by atoms with van der Waals surface area (Å²) < 4.78 is 3.73. The first-order valence-electron chi connectivity index (χ1n) is 9.47. The van der Waals surface area contributed by atoms with Crippen LogP contribution in [0.3, 0.4) is 0 Å². The van der Waals surface area contributed by atoms with Gasteiger partial charge >= 0.3 is 6.03 Å². The molecular formula is C20H21N9O. The highest BCUT2D eigenvalue weighted by Gasteiger charge is 2.18. The molecule has 0 saturated heterocycles. The van der Waals surface area contributed by atoms with Gasteiger partial charge in [0.05, 0.1) is 18.0 Å². The second-order valence-electron chi connectivity index (χ2n) is 6.95. The van der Waals surface area contributed by atoms with Crippen LogP contribution in [-0.4, -0.2) is 43.8 Å². The largest absolute Gasteiger partial charge is 0.373 e. The monoisotopic (exact) mass is 403 g/mol. The zero-order valence-corrected chi connectivity index (χ0v) is 16.8. The van der Waals surface area contributed by atoms with Crippen LogP contribution in [0.2, 0.25) is 0 Å². The minimum atomic E-state index is -0.495. The highest BCUT2D eigenvalue weighted by Crippen LogP contribution is 2.33. The molecule has 0 fully saturated rings. The fraction of sp³-hybridized carbons (Fsp3) is 0.250. The Hall–Kier alpha value is -4.13. The summed E-state index contributed by atoms with van der Waals surface area (Å²) in [5.74, 6) is 0.717. The molecule has 4 heterocycles. The van der Waals surface area contributed by atoms with Gasteiger partial charge in [-0.05, 0) is 26.0 Å². The summed E-state index contributed by atoms with van der Waals surface area (Å²) in [6.07, 6.45) is 5.35. The van der Waals surface area contributed by atoms with E-state index in [9.17, 15) is 4.79 Å². The average Bonchev–Trinajstić information content (AvgIpc) is 3.33. The Kier molecular flexibility index (Phi) is 4.93. The molecule has 0 unspecified atom stereocenters. The zero-order chi connectivity index (χ0) is 21.3. The number of pyridine rings is 1. The van der Waals surface area contributed by atoms with Crippen LogP contribution in [-0.2, 0) is 0 Å². The first-order chi connectivity index (χ1) is 14.5. The standard InChI is InChI=1S/C20H21N9O/c1-12(2)28-11-14(13-5-4-7-23-18(13)28)15-9-17(22-3)29-19(26-15)16(10-25-29)27-20(30)24-8-6-21/h4-5,7,9-12,22H,8H2,1-3H3,(H2,24,27,30). The number of carbonyl (C=O) groups is 1. The number of aromatic nitrogens is 5. The van der Waals surface area contributed by atoms with E-state index in [1.54, 1.807) is 17.8 Å². The lowest BCUT2D eigenvalue weighted by Crippen LogP contribution is -2.28. The molecule has 10 nitrogen and oxygen atoms in total. The van der Waals surface area contributed by atoms with Crippen molar-refractivity contribution in [1.29, 1.82) is 5.26 Å². The Bertz CT molecular complexity index is 1280. The zero-order valence-electron chi connectivity index (χ0n) is 16.8. The molecule has 0 aromatic carbocycles. The van der Waals surface area contributed by atoms with Crippen LogP contribution in [0.15, 0.2) is 36.8 Å². The number of rotatable bonds is 5. The van der Waals surface area contributed by atoms with Gasteiger partial charge in [0, 0.05) is 42.5 Å². The summed E-state index contributed by atoms with van der Waals surface area (Å²) in [7, 11) is 1.80. The topological polar surface area (TPSA) is 125 Å². The number of nitriles is 1. The van der Waals surface area contributed by atoms with Crippen LogP contribution >= 0.6 is 0 Å². The van der Waals surface area contributed by atoms with E-state index >= 15 is 0 Å². The van der Waals surface area contributed by atoms with E-state index in [-0.39, 0.29) is 12.6 Å². The first-order valence-corrected chi connectivity index (χ1v) is 9.47. The SMILES string of the molecule is CNc1cc(-c2cn(C(C)C)c3ncccc23)nc2c(NC(=O)NCC#N)cnn12. The number of carbonyl (C=O) groups excluding carboxylic acids is 1. The molecule has 10 heteroatoms. The van der Waals surface area contributed by atoms with E-state index in [0.29, 0.717) is 11.3 Å². The van der Waals surface area contributed by atoms with E-state index in [4.69, 9.17) is 10.2 Å². The number of hydrogen-bond acceptors (Lipinski definition) is 6. The van der Waals surface area contributed by atoms with Crippen LogP contribution in [0.4, 0.5) is 16.3 Å². The Morgan fingerprint density at radius 1 is 1.33 bits per heavy atom. The Labute approximate surface area is 172 Å². The number of amides is 2. The summed E-state index contributed by atoms with van der Waals surface area (Å²) in [6.45, 7) is 4.12. The van der Waals surface area contributed by atoms with E-state index in [1.807, 2.05) is 30.5 Å². The molecule has 0 bridgehead atoms. The van der Waals surface area contributed by atoms with Crippen molar-refractivity contribution < 1.29 is 4.79 Å². The van der Waals surface area contributed by atoms with E-state index < -0.39 is 6.03 Å². The van der Waals surface area contributed by atoms with Crippen molar-refractivity contribution >= 4 is 34.2 Å². The van der Waals surface area contributed by atoms with Crippen molar-refractivity contribution in [3.05, 3.63) is 36.8 Å². The highest BCUT2D eigenvalue weighted by molar-refractivity contribution is 5.96. The van der Waals surface area contributed by atoms with Crippen molar-refractivity contribution in [2.24, 2.45) is 0 Å². The van der Waals surface area contributed by atoms with Crippen molar-refractivity contribution in [3.63, 3.8) is 0 Å². The van der Waals surface area contributed by atoms with Crippen LogP contribution in [0.1, 0.15) is 19.9 Å². The number of nitrogens with one attached hydrogen (secondary N) is 3. The molecule has 0 aliphatic rings. The van der Waals surface area contributed by atoms with E-state index in [0.717, 1.165) is 28.1 Å². The van der Waals surface area contributed by atoms with Crippen LogP contribution in [0.25, 0.3) is 27.9 Å². The number of fused-ring (bicyclic) bond motifs is 2. The molecule has 4 aromatic heterocycles. The molecule has 0 aliphatic heterocycles. The van der Waals surface area contributed by atoms with Gasteiger partial charge in [-0.15, -0.1) is 0 Å². The van der Waals surface area contributed by atoms with Crippen LogP contribution in [0.5, 0.6) is 0 Å². The van der Waals surface area contributed by atoms with Gasteiger partial charge < -0.3 is 20.5 Å². The molecule has 152 valence electrons. The molecule has 0 radical (unpaired) electrons. The van der Waals surface area contributed by atoms with Crippen molar-refractivity contribution in [3.8, 4) is 17.3 Å². The molecule has 30 heavy (non-hydrogen) atoms.